The van der Waals surface area contributed by atoms with Crippen LogP contribution in [-0.2, 0) is 11.2 Å². The summed E-state index contributed by atoms with van der Waals surface area (Å²) < 4.78 is 0. The number of piperidine rings is 1. The van der Waals surface area contributed by atoms with E-state index in [1.54, 1.807) is 6.20 Å². The van der Waals surface area contributed by atoms with E-state index < -0.39 is 5.66 Å². The highest BCUT2D eigenvalue weighted by atomic mass is 35.5. The fraction of sp³-hybridized carbons (Fsp3) is 0.400. The molecule has 0 spiro atoms. The van der Waals surface area contributed by atoms with Crippen LogP contribution in [0.25, 0.3) is 22.4 Å². The van der Waals surface area contributed by atoms with Gasteiger partial charge in [0.15, 0.2) is 5.82 Å². The molecule has 1 amide bonds. The second-order valence-corrected chi connectivity index (χ2v) is 8.27. The van der Waals surface area contributed by atoms with Crippen molar-refractivity contribution in [1.29, 1.82) is 0 Å². The van der Waals surface area contributed by atoms with Gasteiger partial charge in [-0.25, -0.2) is 20.8 Å². The molecule has 0 saturated carbocycles. The molecule has 1 aliphatic heterocycles. The van der Waals surface area contributed by atoms with Gasteiger partial charge >= 0.3 is 0 Å². The Bertz CT molecular complexity index is 1100. The van der Waals surface area contributed by atoms with E-state index in [9.17, 15) is 4.79 Å². The maximum Gasteiger partial charge on any atom is 0.248 e. The van der Waals surface area contributed by atoms with Crippen LogP contribution in [0.2, 0.25) is 5.02 Å². The van der Waals surface area contributed by atoms with E-state index in [1.807, 2.05) is 30.3 Å². The molecule has 31 heavy (non-hydrogen) atoms. The van der Waals surface area contributed by atoms with E-state index in [-0.39, 0.29) is 12.5 Å². The maximum absolute atomic E-state index is 11.7. The molecule has 0 unspecified atom stereocenters. The number of amides is 1. The molecule has 1 saturated heterocycles. The lowest BCUT2D eigenvalue weighted by molar-refractivity contribution is -0.122. The minimum Gasteiger partial charge on any atom is -0.351 e. The summed E-state index contributed by atoms with van der Waals surface area (Å²) in [7, 11) is 0. The summed E-state index contributed by atoms with van der Waals surface area (Å²) in [5.74, 6) is 6.22. The standard InChI is InChI=1S/C20H26ClN9O/c1-2-12-7-24-19(15-9-26-18-14(15)6-13(21)8-25-18)27-17(12)28-20(22)4-3-5-30(11-20)10-16(31)29-23/h6-9H,2-5,10-11,22-23H2,1H3,(H,25,26)(H,29,31)(H,24,27,28)/t20-/m0/s1. The topological polar surface area (TPSA) is 151 Å². The van der Waals surface area contributed by atoms with E-state index in [1.165, 1.54) is 0 Å². The number of pyridine rings is 1. The van der Waals surface area contributed by atoms with Gasteiger partial charge in [-0.1, -0.05) is 18.5 Å². The van der Waals surface area contributed by atoms with Crippen LogP contribution in [0.5, 0.6) is 0 Å². The van der Waals surface area contributed by atoms with Crippen LogP contribution >= 0.6 is 11.6 Å². The van der Waals surface area contributed by atoms with Crippen molar-refractivity contribution in [1.82, 2.24) is 30.3 Å². The fourth-order valence-electron chi connectivity index (χ4n) is 3.96. The summed E-state index contributed by atoms with van der Waals surface area (Å²) >= 11 is 6.13. The van der Waals surface area contributed by atoms with Crippen molar-refractivity contribution in [3.8, 4) is 11.4 Å². The predicted octanol–water partition coefficient (Wildman–Crippen LogP) is 1.39. The average Bonchev–Trinajstić information content (AvgIpc) is 3.16. The Labute approximate surface area is 184 Å². The van der Waals surface area contributed by atoms with Gasteiger partial charge in [0.05, 0.1) is 17.2 Å². The molecule has 4 rings (SSSR count). The smallest absolute Gasteiger partial charge is 0.248 e. The lowest BCUT2D eigenvalue weighted by Crippen LogP contribution is -2.60. The molecule has 11 heteroatoms. The summed E-state index contributed by atoms with van der Waals surface area (Å²) in [6.45, 7) is 3.53. The van der Waals surface area contributed by atoms with E-state index in [4.69, 9.17) is 28.2 Å². The number of fused-ring (bicyclic) bond motifs is 1. The number of carbonyl (C=O) groups is 1. The number of nitrogens with two attached hydrogens (primary N) is 2. The Morgan fingerprint density at radius 3 is 3.00 bits per heavy atom. The monoisotopic (exact) mass is 443 g/mol. The molecule has 7 N–H and O–H groups in total. The highest BCUT2D eigenvalue weighted by Gasteiger charge is 2.33. The van der Waals surface area contributed by atoms with Gasteiger partial charge in [-0.2, -0.15) is 0 Å². The SMILES string of the molecule is CCc1cnc(-c2c[nH]c3ncc(Cl)cc23)nc1N[C@@]1(N)CCCN(CC(=O)NN)C1. The van der Waals surface area contributed by atoms with Crippen molar-refractivity contribution >= 4 is 34.4 Å². The van der Waals surface area contributed by atoms with Gasteiger partial charge in [-0.05, 0) is 31.9 Å². The number of H-pyrrole nitrogens is 1. The number of hydrazine groups is 1. The number of halogens is 1. The minimum atomic E-state index is -0.728. The molecule has 3 aromatic heterocycles. The largest absolute Gasteiger partial charge is 0.351 e. The van der Waals surface area contributed by atoms with Crippen molar-refractivity contribution in [2.75, 3.05) is 25.0 Å². The number of anilines is 1. The molecule has 164 valence electrons. The lowest BCUT2D eigenvalue weighted by Gasteiger charge is -2.41. The summed E-state index contributed by atoms with van der Waals surface area (Å²) in [5.41, 5.74) is 10.6. The average molecular weight is 444 g/mol. The quantitative estimate of drug-likeness (QED) is 0.166. The van der Waals surface area contributed by atoms with Crippen LogP contribution in [0.3, 0.4) is 0 Å². The summed E-state index contributed by atoms with van der Waals surface area (Å²) in [6, 6.07) is 1.84. The van der Waals surface area contributed by atoms with Crippen LogP contribution in [0.4, 0.5) is 5.82 Å². The number of aromatic nitrogens is 4. The zero-order chi connectivity index (χ0) is 22.0. The first-order valence-corrected chi connectivity index (χ1v) is 10.6. The molecule has 3 aromatic rings. The summed E-state index contributed by atoms with van der Waals surface area (Å²) in [6.07, 6.45) is 7.59. The van der Waals surface area contributed by atoms with Crippen molar-refractivity contribution in [2.45, 2.75) is 31.8 Å². The Hall–Kier alpha value is -2.79. The van der Waals surface area contributed by atoms with Crippen LogP contribution < -0.4 is 22.3 Å². The van der Waals surface area contributed by atoms with Crippen molar-refractivity contribution < 1.29 is 4.79 Å². The van der Waals surface area contributed by atoms with E-state index in [2.05, 4.69) is 25.7 Å². The van der Waals surface area contributed by atoms with Gasteiger partial charge in [-0.3, -0.25) is 15.1 Å². The van der Waals surface area contributed by atoms with Crippen molar-refractivity contribution in [3.63, 3.8) is 0 Å². The fourth-order valence-corrected chi connectivity index (χ4v) is 4.12. The molecule has 0 bridgehead atoms. The second-order valence-electron chi connectivity index (χ2n) is 7.84. The van der Waals surface area contributed by atoms with E-state index in [0.717, 1.165) is 42.3 Å². The normalized spacial score (nSPS) is 19.5. The summed E-state index contributed by atoms with van der Waals surface area (Å²) in [4.78, 5) is 30.4. The first-order valence-electron chi connectivity index (χ1n) is 10.2. The van der Waals surface area contributed by atoms with Gasteiger partial charge in [0.1, 0.15) is 11.5 Å². The number of aryl methyl sites for hydroxylation is 1. The molecule has 1 aliphatic rings. The van der Waals surface area contributed by atoms with Gasteiger partial charge in [-0.15, -0.1) is 0 Å². The zero-order valence-corrected chi connectivity index (χ0v) is 18.0. The van der Waals surface area contributed by atoms with Crippen molar-refractivity contribution in [2.24, 2.45) is 11.6 Å². The van der Waals surface area contributed by atoms with Gasteiger partial charge in [0.2, 0.25) is 5.91 Å². The number of hydrogen-bond acceptors (Lipinski definition) is 8. The molecule has 1 atom stereocenters. The third-order valence-electron chi connectivity index (χ3n) is 5.48. The Kier molecular flexibility index (Phi) is 6.05. The first kappa shape index (κ1) is 21.4. The Morgan fingerprint density at radius 1 is 1.39 bits per heavy atom. The number of hydrogen-bond donors (Lipinski definition) is 5. The zero-order valence-electron chi connectivity index (χ0n) is 17.3. The number of nitrogens with one attached hydrogen (secondary N) is 3. The van der Waals surface area contributed by atoms with E-state index in [0.29, 0.717) is 28.9 Å². The van der Waals surface area contributed by atoms with Gasteiger partial charge in [0, 0.05) is 41.6 Å². The minimum absolute atomic E-state index is 0.204. The molecule has 10 nitrogen and oxygen atoms in total. The molecule has 4 heterocycles. The van der Waals surface area contributed by atoms with Crippen LogP contribution in [0.15, 0.2) is 24.7 Å². The van der Waals surface area contributed by atoms with Gasteiger partial charge in [0.25, 0.3) is 0 Å². The summed E-state index contributed by atoms with van der Waals surface area (Å²) in [5, 5.41) is 4.82. The highest BCUT2D eigenvalue weighted by molar-refractivity contribution is 6.31. The molecular weight excluding hydrogens is 418 g/mol. The molecule has 0 radical (unpaired) electrons. The molecular formula is C20H26ClN9O. The second kappa shape index (κ2) is 8.75. The third-order valence-corrected chi connectivity index (χ3v) is 5.69. The molecule has 0 aliphatic carbocycles. The van der Waals surface area contributed by atoms with E-state index >= 15 is 0 Å². The first-order chi connectivity index (χ1) is 14.9. The highest BCUT2D eigenvalue weighted by Crippen LogP contribution is 2.30. The number of carbonyl (C=O) groups excluding carboxylic acids is 1. The number of nitrogens with zero attached hydrogens (tertiary/aromatic N) is 4. The molecule has 0 aromatic carbocycles. The van der Waals surface area contributed by atoms with Crippen LogP contribution in [0, 0.1) is 0 Å². The number of aromatic amines is 1. The van der Waals surface area contributed by atoms with Crippen molar-refractivity contribution in [3.05, 3.63) is 35.2 Å². The lowest BCUT2D eigenvalue weighted by atomic mass is 9.98. The predicted molar refractivity (Wildman–Crippen MR) is 120 cm³/mol. The Balaban J connectivity index is 1.63. The Morgan fingerprint density at radius 2 is 2.23 bits per heavy atom. The number of rotatable bonds is 6. The maximum atomic E-state index is 11.7. The molecule has 1 fully saturated rings. The third kappa shape index (κ3) is 4.62. The number of likely N-dealkylation sites (tertiary alicyclic amines) is 1. The van der Waals surface area contributed by atoms with Crippen LogP contribution in [-0.4, -0.2) is 56.0 Å². The van der Waals surface area contributed by atoms with Crippen LogP contribution in [0.1, 0.15) is 25.3 Å². The van der Waals surface area contributed by atoms with Gasteiger partial charge < -0.3 is 16.0 Å².